The molecule has 1 aromatic heterocycles. The maximum absolute atomic E-state index is 2.38. The van der Waals surface area contributed by atoms with Crippen LogP contribution in [0, 0.1) is 0 Å². The largest absolute Gasteiger partial charge is 0.311 e. The number of anilines is 6. The minimum absolute atomic E-state index is 1.10. The normalized spacial score (nSPS) is 11.1. The van der Waals surface area contributed by atoms with Gasteiger partial charge < -0.3 is 14.4 Å². The van der Waals surface area contributed by atoms with E-state index in [1.54, 1.807) is 0 Å². The van der Waals surface area contributed by atoms with Crippen molar-refractivity contribution in [1.29, 1.82) is 0 Å². The molecule has 3 nitrogen and oxygen atoms in total. The molecular weight excluding hydrogens is 787 g/mol. The maximum atomic E-state index is 2.38. The Hall–Kier alpha value is -8.66. The van der Waals surface area contributed by atoms with E-state index >= 15 is 0 Å². The summed E-state index contributed by atoms with van der Waals surface area (Å²) < 4.78 is 2.38. The van der Waals surface area contributed by atoms with Crippen molar-refractivity contribution in [2.45, 2.75) is 0 Å². The van der Waals surface area contributed by atoms with E-state index < -0.39 is 0 Å². The van der Waals surface area contributed by atoms with Gasteiger partial charge in [0.15, 0.2) is 0 Å². The summed E-state index contributed by atoms with van der Waals surface area (Å²) in [6.45, 7) is 0. The monoisotopic (exact) mass is 831 g/mol. The van der Waals surface area contributed by atoms with Crippen LogP contribution in [-0.2, 0) is 0 Å². The second-order valence-corrected chi connectivity index (χ2v) is 16.2. The fraction of sp³-hybridized carbons (Fsp3) is 0. The number of aromatic nitrogens is 1. The number of nitrogens with zero attached hydrogens (tertiary/aromatic N) is 3. The molecule has 0 aliphatic rings. The first-order valence-corrected chi connectivity index (χ1v) is 22.2. The van der Waals surface area contributed by atoms with Crippen molar-refractivity contribution in [3.05, 3.63) is 273 Å². The van der Waals surface area contributed by atoms with Gasteiger partial charge in [-0.05, 0) is 136 Å². The van der Waals surface area contributed by atoms with Crippen LogP contribution in [0.4, 0.5) is 34.1 Å². The van der Waals surface area contributed by atoms with Crippen LogP contribution in [-0.4, -0.2) is 4.57 Å². The van der Waals surface area contributed by atoms with Crippen molar-refractivity contribution >= 4 is 45.0 Å². The molecule has 0 fully saturated rings. The minimum atomic E-state index is 1.10. The number of benzene rings is 10. The number of hydrogen-bond acceptors (Lipinski definition) is 2. The van der Waals surface area contributed by atoms with E-state index in [1.165, 1.54) is 55.5 Å². The number of fused-ring (bicyclic) bond motifs is 1. The highest BCUT2D eigenvalue weighted by molar-refractivity contribution is 5.90. The molecule has 1 heterocycles. The predicted molar refractivity (Wildman–Crippen MR) is 274 cm³/mol. The summed E-state index contributed by atoms with van der Waals surface area (Å²) in [4.78, 5) is 4.61. The smallest absolute Gasteiger partial charge is 0.0540 e. The molecule has 0 saturated heterocycles. The summed E-state index contributed by atoms with van der Waals surface area (Å²) >= 11 is 0. The van der Waals surface area contributed by atoms with Gasteiger partial charge in [-0.2, -0.15) is 0 Å². The van der Waals surface area contributed by atoms with Crippen molar-refractivity contribution in [3.63, 3.8) is 0 Å². The number of hydrogen-bond donors (Lipinski definition) is 0. The van der Waals surface area contributed by atoms with Crippen LogP contribution in [0.15, 0.2) is 273 Å². The Labute approximate surface area is 381 Å². The molecule has 308 valence electrons. The van der Waals surface area contributed by atoms with E-state index in [0.717, 1.165) is 39.8 Å². The van der Waals surface area contributed by atoms with Crippen LogP contribution in [0.3, 0.4) is 0 Å². The number of rotatable bonds is 11. The van der Waals surface area contributed by atoms with Crippen molar-refractivity contribution in [1.82, 2.24) is 4.57 Å². The van der Waals surface area contributed by atoms with Crippen LogP contribution in [0.25, 0.3) is 61.2 Å². The van der Waals surface area contributed by atoms with Crippen LogP contribution in [0.1, 0.15) is 0 Å². The highest BCUT2D eigenvalue weighted by Crippen LogP contribution is 2.39. The molecule has 10 aromatic carbocycles. The van der Waals surface area contributed by atoms with Gasteiger partial charge in [0.25, 0.3) is 0 Å². The van der Waals surface area contributed by atoms with Gasteiger partial charge in [0, 0.05) is 45.2 Å². The molecule has 0 saturated carbocycles. The second-order valence-electron chi connectivity index (χ2n) is 16.2. The molecule has 0 N–H and O–H groups in total. The van der Waals surface area contributed by atoms with Crippen molar-refractivity contribution < 1.29 is 0 Å². The van der Waals surface area contributed by atoms with E-state index in [9.17, 15) is 0 Å². The lowest BCUT2D eigenvalue weighted by atomic mass is 9.99. The molecule has 0 amide bonds. The second kappa shape index (κ2) is 17.6. The average Bonchev–Trinajstić information content (AvgIpc) is 3.79. The Morgan fingerprint density at radius 3 is 1.02 bits per heavy atom. The van der Waals surface area contributed by atoms with Crippen molar-refractivity contribution in [2.75, 3.05) is 9.80 Å². The third-order valence-electron chi connectivity index (χ3n) is 12.2. The summed E-state index contributed by atoms with van der Waals surface area (Å²) in [7, 11) is 0. The van der Waals surface area contributed by atoms with E-state index in [0.29, 0.717) is 0 Å². The zero-order valence-electron chi connectivity index (χ0n) is 35.8. The van der Waals surface area contributed by atoms with Gasteiger partial charge >= 0.3 is 0 Å². The molecule has 3 heteroatoms. The average molecular weight is 832 g/mol. The van der Waals surface area contributed by atoms with Crippen molar-refractivity contribution in [3.8, 4) is 50.3 Å². The Kier molecular flexibility index (Phi) is 10.6. The third-order valence-corrected chi connectivity index (χ3v) is 12.2. The van der Waals surface area contributed by atoms with Gasteiger partial charge in [0.2, 0.25) is 0 Å². The highest BCUT2D eigenvalue weighted by Gasteiger charge is 2.16. The molecule has 0 aliphatic carbocycles. The SMILES string of the molecule is c1ccc(-c2cc3ccccc3n2-c2cccc(-c3ccc(-c4ccc(N(c5ccccc5)c5ccc(-c6ccc(N(c7ccccc7)c7ccccc7)cc6)cc5)cc4)cc3)c2)cc1. The first-order valence-electron chi connectivity index (χ1n) is 22.2. The summed E-state index contributed by atoms with van der Waals surface area (Å²) in [6.07, 6.45) is 0. The lowest BCUT2D eigenvalue weighted by Gasteiger charge is -2.26. The fourth-order valence-electron chi connectivity index (χ4n) is 8.97. The lowest BCUT2D eigenvalue weighted by Crippen LogP contribution is -2.09. The van der Waals surface area contributed by atoms with Gasteiger partial charge in [0.1, 0.15) is 0 Å². The molecule has 0 bridgehead atoms. The summed E-state index contributed by atoms with van der Waals surface area (Å²) in [5, 5.41) is 1.23. The van der Waals surface area contributed by atoms with Gasteiger partial charge in [-0.25, -0.2) is 0 Å². The van der Waals surface area contributed by atoms with Gasteiger partial charge in [-0.1, -0.05) is 176 Å². The van der Waals surface area contributed by atoms with E-state index in [4.69, 9.17) is 0 Å². The highest BCUT2D eigenvalue weighted by atomic mass is 15.1. The zero-order chi connectivity index (χ0) is 43.4. The maximum Gasteiger partial charge on any atom is 0.0540 e. The Balaban J connectivity index is 0.843. The van der Waals surface area contributed by atoms with E-state index in [-0.39, 0.29) is 0 Å². The van der Waals surface area contributed by atoms with E-state index in [2.05, 4.69) is 287 Å². The predicted octanol–water partition coefficient (Wildman–Crippen LogP) is 17.2. The Morgan fingerprint density at radius 1 is 0.231 bits per heavy atom. The van der Waals surface area contributed by atoms with Crippen molar-refractivity contribution in [2.24, 2.45) is 0 Å². The third kappa shape index (κ3) is 7.99. The molecule has 0 aliphatic heterocycles. The molecule has 11 rings (SSSR count). The Bertz CT molecular complexity index is 3270. The quantitative estimate of drug-likeness (QED) is 0.129. The summed E-state index contributed by atoms with van der Waals surface area (Å²) in [6, 6.07) is 97.7. The topological polar surface area (TPSA) is 11.4 Å². The molecule has 0 unspecified atom stereocenters. The summed E-state index contributed by atoms with van der Waals surface area (Å²) in [5.74, 6) is 0. The molecule has 11 aromatic rings. The molecular formula is C62H45N3. The molecule has 65 heavy (non-hydrogen) atoms. The van der Waals surface area contributed by atoms with E-state index in [1.807, 2.05) is 0 Å². The van der Waals surface area contributed by atoms with Crippen LogP contribution in [0.2, 0.25) is 0 Å². The van der Waals surface area contributed by atoms with Crippen LogP contribution < -0.4 is 9.80 Å². The molecule has 0 atom stereocenters. The van der Waals surface area contributed by atoms with Gasteiger partial charge in [0.05, 0.1) is 11.2 Å². The zero-order valence-corrected chi connectivity index (χ0v) is 35.8. The van der Waals surface area contributed by atoms with Crippen LogP contribution >= 0.6 is 0 Å². The van der Waals surface area contributed by atoms with Crippen LogP contribution in [0.5, 0.6) is 0 Å². The minimum Gasteiger partial charge on any atom is -0.311 e. The summed E-state index contributed by atoms with van der Waals surface area (Å²) in [5.41, 5.74) is 18.4. The first-order chi connectivity index (χ1) is 32.2. The first kappa shape index (κ1) is 39.2. The molecule has 0 spiro atoms. The molecule has 0 radical (unpaired) electrons. The standard InChI is InChI=1S/C62H45N3/c1-5-16-51(17-6-1)62-45-53-18-13-14-27-61(53)65(62)60-26-15-19-52(44-60)50-30-28-46(29-31-50)47-32-40-58(41-33-47)64(56-24-11-4-12-25-56)59-42-36-49(37-43-59)48-34-38-57(39-35-48)63(54-20-7-2-8-21-54)55-22-9-3-10-23-55/h1-45H. The lowest BCUT2D eigenvalue weighted by molar-refractivity contribution is 1.13. The Morgan fingerprint density at radius 2 is 0.569 bits per heavy atom. The van der Waals surface area contributed by atoms with Gasteiger partial charge in [-0.15, -0.1) is 0 Å². The number of para-hydroxylation sites is 4. The van der Waals surface area contributed by atoms with Gasteiger partial charge in [-0.3, -0.25) is 0 Å². The fourth-order valence-corrected chi connectivity index (χ4v) is 8.97.